The van der Waals surface area contributed by atoms with Gasteiger partial charge in [0.2, 0.25) is 0 Å². The minimum Gasteiger partial charge on any atom is -0.340 e. The molecule has 0 radical (unpaired) electrons. The maximum absolute atomic E-state index is 3.16. The van der Waals surface area contributed by atoms with E-state index in [2.05, 4.69) is 36.8 Å². The van der Waals surface area contributed by atoms with Gasteiger partial charge in [-0.15, -0.1) is 5.73 Å². The van der Waals surface area contributed by atoms with Gasteiger partial charge in [0.05, 0.1) is 6.04 Å². The zero-order chi connectivity index (χ0) is 8.55. The van der Waals surface area contributed by atoms with Gasteiger partial charge in [-0.3, -0.25) is 0 Å². The van der Waals surface area contributed by atoms with Gasteiger partial charge in [0.1, 0.15) is 0 Å². The fraction of sp³-hybridized carbons (Fsp3) is 0.545. The number of rotatable bonds is 1. The number of hydrogen-bond donors (Lipinski definition) is 0. The average Bonchev–Trinajstić information content (AvgIpc) is 2.49. The van der Waals surface area contributed by atoms with Gasteiger partial charge in [0, 0.05) is 12.4 Å². The van der Waals surface area contributed by atoms with Crippen LogP contribution in [0.25, 0.3) is 0 Å². The van der Waals surface area contributed by atoms with Crippen LogP contribution >= 0.6 is 0 Å². The Bertz CT molecular complexity index is 267. The molecule has 2 aliphatic heterocycles. The van der Waals surface area contributed by atoms with Gasteiger partial charge in [-0.1, -0.05) is 19.4 Å². The quantitative estimate of drug-likeness (QED) is 0.534. The van der Waals surface area contributed by atoms with Crippen molar-refractivity contribution in [1.29, 1.82) is 0 Å². The van der Waals surface area contributed by atoms with E-state index in [-0.39, 0.29) is 0 Å². The molecule has 1 nitrogen and oxygen atoms in total. The third-order valence-corrected chi connectivity index (χ3v) is 2.68. The molecule has 12 heavy (non-hydrogen) atoms. The maximum Gasteiger partial charge on any atom is 0.0594 e. The van der Waals surface area contributed by atoms with Crippen molar-refractivity contribution < 1.29 is 0 Å². The molecule has 0 saturated carbocycles. The minimum atomic E-state index is 0.604. The number of hydrogen-bond acceptors (Lipinski definition) is 1. The lowest BCUT2D eigenvalue weighted by Crippen LogP contribution is -2.26. The Hall–Kier alpha value is -0.940. The van der Waals surface area contributed by atoms with Crippen LogP contribution in [0.2, 0.25) is 0 Å². The largest absolute Gasteiger partial charge is 0.340 e. The Morgan fingerprint density at radius 3 is 3.17 bits per heavy atom. The molecule has 1 heteroatoms. The van der Waals surface area contributed by atoms with Crippen molar-refractivity contribution in [1.82, 2.24) is 4.90 Å². The van der Waals surface area contributed by atoms with Crippen molar-refractivity contribution in [3.8, 4) is 0 Å². The fourth-order valence-electron chi connectivity index (χ4n) is 1.80. The van der Waals surface area contributed by atoms with E-state index in [0.717, 1.165) is 0 Å². The summed E-state index contributed by atoms with van der Waals surface area (Å²) in [6, 6.07) is 0.604. The number of fused-ring (bicyclic) bond motifs is 1. The van der Waals surface area contributed by atoms with Crippen LogP contribution < -0.4 is 0 Å². The molecule has 2 heterocycles. The molecule has 0 aromatic heterocycles. The Labute approximate surface area is 74.1 Å². The molecule has 2 rings (SSSR count). The third kappa shape index (κ3) is 1.21. The standard InChI is InChI=1S/C11H15N/c1-9(2)10-5-6-11-4-3-7-12(11)8-10/h4,7-9,11H,5-6H2,1-2H3. The Morgan fingerprint density at radius 1 is 1.58 bits per heavy atom. The van der Waals surface area contributed by atoms with E-state index >= 15 is 0 Å². The van der Waals surface area contributed by atoms with Crippen molar-refractivity contribution in [3.63, 3.8) is 0 Å². The summed E-state index contributed by atoms with van der Waals surface area (Å²) in [6.45, 7) is 4.53. The highest BCUT2D eigenvalue weighted by Crippen LogP contribution is 2.27. The average molecular weight is 161 g/mol. The summed E-state index contributed by atoms with van der Waals surface area (Å²) in [4.78, 5) is 2.28. The highest BCUT2D eigenvalue weighted by Gasteiger charge is 2.20. The number of nitrogens with zero attached hydrogens (tertiary/aromatic N) is 1. The van der Waals surface area contributed by atoms with Gasteiger partial charge in [-0.25, -0.2) is 0 Å². The van der Waals surface area contributed by atoms with Crippen LogP contribution in [0.1, 0.15) is 26.7 Å². The van der Waals surface area contributed by atoms with Gasteiger partial charge in [0.25, 0.3) is 0 Å². The van der Waals surface area contributed by atoms with Crippen molar-refractivity contribution in [2.45, 2.75) is 32.7 Å². The van der Waals surface area contributed by atoms with E-state index in [0.29, 0.717) is 12.0 Å². The fourth-order valence-corrected chi connectivity index (χ4v) is 1.80. The van der Waals surface area contributed by atoms with Crippen LogP contribution in [0, 0.1) is 5.92 Å². The molecule has 0 saturated heterocycles. The Balaban J connectivity index is 2.16. The van der Waals surface area contributed by atoms with Crippen LogP contribution in [0.5, 0.6) is 0 Å². The molecule has 64 valence electrons. The molecule has 0 N–H and O–H groups in total. The van der Waals surface area contributed by atoms with E-state index < -0.39 is 0 Å². The Kier molecular flexibility index (Phi) is 1.82. The molecule has 0 bridgehead atoms. The Morgan fingerprint density at radius 2 is 2.42 bits per heavy atom. The SMILES string of the molecule is CC(C)C1=CN2C=C=CC2CC1. The van der Waals surface area contributed by atoms with Gasteiger partial charge in [-0.2, -0.15) is 0 Å². The van der Waals surface area contributed by atoms with E-state index in [1.165, 1.54) is 12.8 Å². The topological polar surface area (TPSA) is 3.24 Å². The van der Waals surface area contributed by atoms with Crippen molar-refractivity contribution >= 4 is 0 Å². The van der Waals surface area contributed by atoms with E-state index in [1.54, 1.807) is 5.57 Å². The summed E-state index contributed by atoms with van der Waals surface area (Å²) < 4.78 is 0. The minimum absolute atomic E-state index is 0.604. The lowest BCUT2D eigenvalue weighted by molar-refractivity contribution is 0.377. The van der Waals surface area contributed by atoms with Gasteiger partial charge >= 0.3 is 0 Å². The van der Waals surface area contributed by atoms with Crippen molar-refractivity contribution in [2.24, 2.45) is 5.92 Å². The summed E-state index contributed by atoms with van der Waals surface area (Å²) in [5.41, 5.74) is 4.72. The predicted octanol–water partition coefficient (Wildman–Crippen LogP) is 2.67. The summed E-state index contributed by atoms with van der Waals surface area (Å²) in [5, 5.41) is 0. The second kappa shape index (κ2) is 2.84. The van der Waals surface area contributed by atoms with E-state index in [1.807, 2.05) is 6.20 Å². The normalized spacial score (nSPS) is 26.4. The highest BCUT2D eigenvalue weighted by atomic mass is 15.1. The first-order chi connectivity index (χ1) is 5.77. The van der Waals surface area contributed by atoms with Gasteiger partial charge < -0.3 is 4.90 Å². The van der Waals surface area contributed by atoms with Crippen LogP contribution in [0.3, 0.4) is 0 Å². The summed E-state index contributed by atoms with van der Waals surface area (Å²) >= 11 is 0. The van der Waals surface area contributed by atoms with Crippen LogP contribution in [0.4, 0.5) is 0 Å². The molecule has 0 aromatic carbocycles. The zero-order valence-electron chi connectivity index (χ0n) is 7.75. The maximum atomic E-state index is 3.16. The first kappa shape index (κ1) is 7.70. The first-order valence-corrected chi connectivity index (χ1v) is 4.68. The second-order valence-corrected chi connectivity index (χ2v) is 3.87. The predicted molar refractivity (Wildman–Crippen MR) is 50.4 cm³/mol. The third-order valence-electron chi connectivity index (χ3n) is 2.68. The van der Waals surface area contributed by atoms with Crippen molar-refractivity contribution in [2.75, 3.05) is 0 Å². The number of allylic oxidation sites excluding steroid dienone is 1. The molecule has 0 aliphatic carbocycles. The van der Waals surface area contributed by atoms with Crippen LogP contribution in [-0.4, -0.2) is 10.9 Å². The first-order valence-electron chi connectivity index (χ1n) is 4.68. The smallest absolute Gasteiger partial charge is 0.0594 e. The molecule has 2 aliphatic rings. The lowest BCUT2D eigenvalue weighted by Gasteiger charge is -2.29. The molecular weight excluding hydrogens is 146 g/mol. The molecule has 1 unspecified atom stereocenters. The highest BCUT2D eigenvalue weighted by molar-refractivity contribution is 5.18. The van der Waals surface area contributed by atoms with E-state index in [9.17, 15) is 0 Å². The zero-order valence-corrected chi connectivity index (χ0v) is 7.75. The van der Waals surface area contributed by atoms with Gasteiger partial charge in [-0.05, 0) is 24.8 Å². The molecule has 0 aromatic rings. The molecule has 0 fully saturated rings. The van der Waals surface area contributed by atoms with Crippen LogP contribution in [-0.2, 0) is 0 Å². The monoisotopic (exact) mass is 161 g/mol. The van der Waals surface area contributed by atoms with Crippen LogP contribution in [0.15, 0.2) is 29.8 Å². The van der Waals surface area contributed by atoms with Crippen molar-refractivity contribution in [3.05, 3.63) is 29.8 Å². The summed E-state index contributed by atoms with van der Waals surface area (Å²) in [5.74, 6) is 0.694. The molecular formula is C11H15N. The summed E-state index contributed by atoms with van der Waals surface area (Å²) in [7, 11) is 0. The molecule has 0 spiro atoms. The van der Waals surface area contributed by atoms with Gasteiger partial charge in [0.15, 0.2) is 0 Å². The summed E-state index contributed by atoms with van der Waals surface area (Å²) in [6.07, 6.45) is 9.01. The second-order valence-electron chi connectivity index (χ2n) is 3.87. The molecule has 0 amide bonds. The van der Waals surface area contributed by atoms with E-state index in [4.69, 9.17) is 0 Å². The molecule has 1 atom stereocenters. The lowest BCUT2D eigenvalue weighted by atomic mass is 9.94.